The van der Waals surface area contributed by atoms with Crippen LogP contribution in [-0.4, -0.2) is 117 Å². The van der Waals surface area contributed by atoms with Gasteiger partial charge in [0.15, 0.2) is 12.2 Å². The van der Waals surface area contributed by atoms with Gasteiger partial charge in [0, 0.05) is 24.7 Å². The predicted octanol–water partition coefficient (Wildman–Crippen LogP) is 5.64. The summed E-state index contributed by atoms with van der Waals surface area (Å²) < 4.78 is 30.7. The maximum Gasteiger partial charge on any atom is 0.338 e. The van der Waals surface area contributed by atoms with Gasteiger partial charge in [0.1, 0.15) is 29.3 Å². The summed E-state index contributed by atoms with van der Waals surface area (Å²) in [7, 11) is 1.51. The molecule has 17 atom stereocenters. The van der Waals surface area contributed by atoms with Crippen LogP contribution in [0.2, 0.25) is 0 Å². The molecule has 13 nitrogen and oxygen atoms in total. The number of fused-ring (bicyclic) bond motifs is 5. The Bertz CT molecular complexity index is 1800. The number of rotatable bonds is 13. The third kappa shape index (κ3) is 8.65. The van der Waals surface area contributed by atoms with Crippen LogP contribution in [0.15, 0.2) is 35.9 Å². The molecule has 5 fully saturated rings. The molecule has 346 valence electrons. The number of aliphatic hydroxyl groups is 5. The van der Waals surface area contributed by atoms with E-state index in [2.05, 4.69) is 33.8 Å². The van der Waals surface area contributed by atoms with Crippen molar-refractivity contribution < 1.29 is 63.6 Å². The van der Waals surface area contributed by atoms with Crippen LogP contribution in [0.4, 0.5) is 0 Å². The van der Waals surface area contributed by atoms with E-state index in [0.29, 0.717) is 49.7 Å². The number of methoxy groups -OCH3 is 1. The fourth-order valence-corrected chi connectivity index (χ4v) is 13.0. The first kappa shape index (κ1) is 47.1. The van der Waals surface area contributed by atoms with E-state index in [4.69, 9.17) is 23.7 Å². The van der Waals surface area contributed by atoms with Gasteiger partial charge in [0.25, 0.3) is 0 Å². The monoisotopic (exact) mass is 868 g/mol. The van der Waals surface area contributed by atoms with Crippen LogP contribution in [0.3, 0.4) is 0 Å². The van der Waals surface area contributed by atoms with Crippen molar-refractivity contribution in [1.29, 1.82) is 0 Å². The lowest BCUT2D eigenvalue weighted by Crippen LogP contribution is -2.63. The highest BCUT2D eigenvalue weighted by Gasteiger charge is 2.70. The van der Waals surface area contributed by atoms with Gasteiger partial charge in [-0.1, -0.05) is 46.3 Å². The van der Waals surface area contributed by atoms with Crippen molar-refractivity contribution in [3.63, 3.8) is 0 Å². The third-order valence-corrected chi connectivity index (χ3v) is 16.7. The minimum Gasteiger partial charge on any atom is -0.497 e. The number of ketones is 1. The van der Waals surface area contributed by atoms with Crippen molar-refractivity contribution >= 4 is 17.7 Å². The number of ether oxygens (including phenoxy) is 5. The second-order valence-electron chi connectivity index (χ2n) is 20.5. The van der Waals surface area contributed by atoms with Crippen LogP contribution in [0.25, 0.3) is 0 Å². The molecule has 0 bridgehead atoms. The van der Waals surface area contributed by atoms with E-state index in [1.54, 1.807) is 12.1 Å². The molecule has 7 rings (SSSR count). The van der Waals surface area contributed by atoms with E-state index < -0.39 is 83.8 Å². The second kappa shape index (κ2) is 18.5. The van der Waals surface area contributed by atoms with E-state index in [0.717, 1.165) is 25.7 Å². The van der Waals surface area contributed by atoms with Crippen molar-refractivity contribution in [3.05, 3.63) is 41.5 Å². The zero-order valence-corrected chi connectivity index (χ0v) is 37.7. The lowest BCUT2D eigenvalue weighted by Gasteiger charge is -2.59. The zero-order chi connectivity index (χ0) is 44.9. The highest BCUT2D eigenvalue weighted by Crippen LogP contribution is 2.69. The van der Waals surface area contributed by atoms with Gasteiger partial charge in [-0.3, -0.25) is 9.59 Å². The Labute approximate surface area is 366 Å². The fourth-order valence-electron chi connectivity index (χ4n) is 13.0. The summed E-state index contributed by atoms with van der Waals surface area (Å²) in [6, 6.07) is 6.25. The molecular formula is C49H72O13. The Morgan fingerprint density at radius 3 is 2.15 bits per heavy atom. The topological polar surface area (TPSA) is 199 Å². The van der Waals surface area contributed by atoms with Gasteiger partial charge in [-0.2, -0.15) is 0 Å². The molecule has 1 aromatic carbocycles. The zero-order valence-electron chi connectivity index (χ0n) is 37.7. The third-order valence-electron chi connectivity index (χ3n) is 16.7. The van der Waals surface area contributed by atoms with Crippen LogP contribution in [-0.2, 0) is 28.5 Å². The van der Waals surface area contributed by atoms with Gasteiger partial charge in [-0.05, 0) is 130 Å². The first-order valence-electron chi connectivity index (χ1n) is 23.3. The summed E-state index contributed by atoms with van der Waals surface area (Å²) in [6.45, 7) is 11.8. The molecule has 13 heteroatoms. The molecule has 5 saturated carbocycles. The summed E-state index contributed by atoms with van der Waals surface area (Å²) in [5.74, 6) is -0.700. The van der Waals surface area contributed by atoms with Crippen LogP contribution in [0.5, 0.6) is 5.75 Å². The number of allylic oxidation sites excluding steroid dienone is 1. The molecule has 0 aromatic heterocycles. The SMILES string of the molecule is COc1ccc(C(=O)O[C@@H]2[C@@H](O)[C@H](O)CC[C@H]2O[C@@H]2[C@@H](OC(C)=O)[C@H](O[C@H]3C[C@H]4[C@@H]5CC=C6C[C@@H](O)CC[C@]6(C)[C@H]5CC[C@]4(C)[C@@]3(O)[C@H](C)C(=O)CCC(C)C)CC[C@@H]2O)cc1. The lowest BCUT2D eigenvalue weighted by molar-refractivity contribution is -0.252. The van der Waals surface area contributed by atoms with Gasteiger partial charge in [0.2, 0.25) is 0 Å². The number of aliphatic hydroxyl groups excluding tert-OH is 4. The van der Waals surface area contributed by atoms with Gasteiger partial charge in [-0.15, -0.1) is 0 Å². The Balaban J connectivity index is 1.18. The fraction of sp³-hybridized carbons (Fsp3) is 0.776. The van der Waals surface area contributed by atoms with Crippen LogP contribution in [0, 0.1) is 40.4 Å². The second-order valence-corrected chi connectivity index (χ2v) is 20.5. The quantitative estimate of drug-likeness (QED) is 0.121. The van der Waals surface area contributed by atoms with Crippen molar-refractivity contribution in [3.8, 4) is 5.75 Å². The molecule has 0 heterocycles. The van der Waals surface area contributed by atoms with Crippen LogP contribution in [0.1, 0.15) is 135 Å². The van der Waals surface area contributed by atoms with E-state index in [1.165, 1.54) is 31.7 Å². The van der Waals surface area contributed by atoms with Gasteiger partial charge >= 0.3 is 11.9 Å². The Kier molecular flexibility index (Phi) is 14.1. The predicted molar refractivity (Wildman–Crippen MR) is 228 cm³/mol. The van der Waals surface area contributed by atoms with Crippen molar-refractivity contribution in [1.82, 2.24) is 0 Å². The number of carbonyl (C=O) groups is 3. The van der Waals surface area contributed by atoms with E-state index in [-0.39, 0.29) is 60.4 Å². The molecule has 0 spiro atoms. The maximum atomic E-state index is 14.2. The molecule has 0 saturated heterocycles. The molecule has 62 heavy (non-hydrogen) atoms. The molecule has 0 unspecified atom stereocenters. The largest absolute Gasteiger partial charge is 0.497 e. The average Bonchev–Trinajstić information content (AvgIpc) is 3.47. The summed E-state index contributed by atoms with van der Waals surface area (Å²) >= 11 is 0. The molecule has 6 aliphatic rings. The Hall–Kier alpha value is -2.91. The molecular weight excluding hydrogens is 797 g/mol. The average molecular weight is 869 g/mol. The molecule has 6 aliphatic carbocycles. The van der Waals surface area contributed by atoms with Crippen molar-refractivity contribution in [2.24, 2.45) is 40.4 Å². The summed E-state index contributed by atoms with van der Waals surface area (Å²) in [5, 5.41) is 57.6. The number of Topliss-reactive ketones (excluding diaryl/α,β-unsaturated/α-hetero) is 1. The van der Waals surface area contributed by atoms with Gasteiger partial charge < -0.3 is 49.2 Å². The minimum atomic E-state index is -1.57. The van der Waals surface area contributed by atoms with Crippen LogP contribution >= 0.6 is 0 Å². The highest BCUT2D eigenvalue weighted by molar-refractivity contribution is 5.89. The Morgan fingerprint density at radius 2 is 1.48 bits per heavy atom. The van der Waals surface area contributed by atoms with E-state index >= 15 is 0 Å². The number of esters is 2. The van der Waals surface area contributed by atoms with Crippen molar-refractivity contribution in [2.45, 2.75) is 192 Å². The summed E-state index contributed by atoms with van der Waals surface area (Å²) in [5.41, 5.74) is -0.760. The van der Waals surface area contributed by atoms with E-state index in [9.17, 15) is 39.9 Å². The number of benzene rings is 1. The Morgan fingerprint density at radius 1 is 0.806 bits per heavy atom. The molecule has 0 radical (unpaired) electrons. The smallest absolute Gasteiger partial charge is 0.338 e. The summed E-state index contributed by atoms with van der Waals surface area (Å²) in [4.78, 5) is 40.5. The molecule has 0 aliphatic heterocycles. The normalized spacial score (nSPS) is 42.1. The first-order valence-corrected chi connectivity index (χ1v) is 23.3. The van der Waals surface area contributed by atoms with Gasteiger partial charge in [-0.25, -0.2) is 4.79 Å². The number of hydrogen-bond donors (Lipinski definition) is 5. The summed E-state index contributed by atoms with van der Waals surface area (Å²) in [6.07, 6.45) is -1.11. The van der Waals surface area contributed by atoms with Gasteiger partial charge in [0.05, 0.1) is 49.3 Å². The van der Waals surface area contributed by atoms with E-state index in [1.807, 2.05) is 6.92 Å². The lowest BCUT2D eigenvalue weighted by atomic mass is 9.46. The molecule has 0 amide bonds. The maximum absolute atomic E-state index is 14.2. The first-order chi connectivity index (χ1) is 29.3. The number of hydrogen-bond acceptors (Lipinski definition) is 13. The molecule has 5 N–H and O–H groups in total. The minimum absolute atomic E-state index is 0.0112. The van der Waals surface area contributed by atoms with Crippen molar-refractivity contribution in [2.75, 3.05) is 7.11 Å². The highest BCUT2D eigenvalue weighted by atomic mass is 16.6. The molecule has 1 aromatic rings. The number of carbonyl (C=O) groups excluding carboxylic acids is 3. The standard InChI is InChI=1S/C49H72O13/c1-26(2)8-15-36(52)27(3)49(57)41(25-35-33-14-11-30-24-31(51)20-22-47(30,5)34(33)21-23-48(35,49)6)60-40-19-17-38(54)43(45(40)59-28(4)50)61-39-18-16-37(53)42(55)44(39)62-46(56)29-9-12-32(58-7)13-10-29/h9-13,26-27,31,33-35,37-45,51,53-55,57H,8,14-25H2,1-7H3/t27-,31+,33-,34+,35+,37-,38+,39-,40-,41+,42+,43+,44+,45+,47+,48+,49-/m1/s1. The van der Waals surface area contributed by atoms with Crippen LogP contribution < -0.4 is 4.74 Å².